The van der Waals surface area contributed by atoms with E-state index in [4.69, 9.17) is 5.11 Å². The lowest BCUT2D eigenvalue weighted by Gasteiger charge is -2.11. The SMILES string of the molecule is O=C(NCCCO)c1cc2sccc2n1CCc1ccccc1. The van der Waals surface area contributed by atoms with Gasteiger partial charge in [0.2, 0.25) is 0 Å². The molecule has 120 valence electrons. The predicted octanol–water partition coefficient (Wildman–Crippen LogP) is 3.06. The fourth-order valence-corrected chi connectivity index (χ4v) is 3.49. The zero-order chi connectivity index (χ0) is 16.1. The maximum atomic E-state index is 12.4. The number of amides is 1. The maximum absolute atomic E-state index is 12.4. The van der Waals surface area contributed by atoms with Crippen molar-refractivity contribution in [3.05, 3.63) is 59.1 Å². The van der Waals surface area contributed by atoms with Gasteiger partial charge < -0.3 is 15.0 Å². The van der Waals surface area contributed by atoms with Crippen molar-refractivity contribution in [3.63, 3.8) is 0 Å². The van der Waals surface area contributed by atoms with Crippen LogP contribution in [0.25, 0.3) is 10.2 Å². The molecule has 3 aromatic rings. The highest BCUT2D eigenvalue weighted by Crippen LogP contribution is 2.25. The molecule has 0 unspecified atom stereocenters. The summed E-state index contributed by atoms with van der Waals surface area (Å²) in [6.45, 7) is 1.35. The number of aliphatic hydroxyl groups excluding tert-OH is 1. The standard InChI is InChI=1S/C18H20N2O2S/c21-11-4-9-19-18(22)16-13-17-15(8-12-23-17)20(16)10-7-14-5-2-1-3-6-14/h1-3,5-6,8,12-13,21H,4,7,9-11H2,(H,19,22). The van der Waals surface area contributed by atoms with E-state index in [2.05, 4.69) is 33.5 Å². The molecule has 2 heterocycles. The van der Waals surface area contributed by atoms with Crippen molar-refractivity contribution in [1.82, 2.24) is 9.88 Å². The topological polar surface area (TPSA) is 54.3 Å². The molecule has 0 fully saturated rings. The van der Waals surface area contributed by atoms with Crippen LogP contribution < -0.4 is 5.32 Å². The van der Waals surface area contributed by atoms with Crippen LogP contribution in [0.3, 0.4) is 0 Å². The molecule has 0 bridgehead atoms. The fourth-order valence-electron chi connectivity index (χ4n) is 2.66. The molecular formula is C18H20N2O2S. The second-order valence-electron chi connectivity index (χ2n) is 5.42. The number of aliphatic hydroxyl groups is 1. The number of benzene rings is 1. The lowest BCUT2D eigenvalue weighted by atomic mass is 10.1. The van der Waals surface area contributed by atoms with Gasteiger partial charge in [-0.05, 0) is 35.9 Å². The van der Waals surface area contributed by atoms with E-state index in [0.717, 1.165) is 23.2 Å². The van der Waals surface area contributed by atoms with Gasteiger partial charge in [0.25, 0.3) is 5.91 Å². The highest BCUT2D eigenvalue weighted by Gasteiger charge is 2.16. The van der Waals surface area contributed by atoms with Crippen molar-refractivity contribution in [2.45, 2.75) is 19.4 Å². The molecular weight excluding hydrogens is 308 g/mol. The molecule has 0 saturated heterocycles. The minimum Gasteiger partial charge on any atom is -0.396 e. The number of carbonyl (C=O) groups excluding carboxylic acids is 1. The van der Waals surface area contributed by atoms with E-state index < -0.39 is 0 Å². The highest BCUT2D eigenvalue weighted by atomic mass is 32.1. The van der Waals surface area contributed by atoms with Crippen LogP contribution in [0, 0.1) is 0 Å². The summed E-state index contributed by atoms with van der Waals surface area (Å²) in [6, 6.07) is 14.3. The van der Waals surface area contributed by atoms with Crippen LogP contribution in [0.5, 0.6) is 0 Å². The van der Waals surface area contributed by atoms with Crippen LogP contribution in [0.15, 0.2) is 47.8 Å². The normalized spacial score (nSPS) is 11.0. The largest absolute Gasteiger partial charge is 0.396 e. The van der Waals surface area contributed by atoms with E-state index in [0.29, 0.717) is 18.7 Å². The first-order valence-electron chi connectivity index (χ1n) is 7.79. The van der Waals surface area contributed by atoms with Gasteiger partial charge in [0, 0.05) is 19.7 Å². The first-order chi connectivity index (χ1) is 11.3. The third-order valence-electron chi connectivity index (χ3n) is 3.84. The van der Waals surface area contributed by atoms with Crippen LogP contribution in [-0.4, -0.2) is 28.7 Å². The highest BCUT2D eigenvalue weighted by molar-refractivity contribution is 7.17. The first-order valence-corrected chi connectivity index (χ1v) is 8.67. The molecule has 1 amide bonds. The van der Waals surface area contributed by atoms with E-state index >= 15 is 0 Å². The van der Waals surface area contributed by atoms with Gasteiger partial charge in [-0.3, -0.25) is 4.79 Å². The van der Waals surface area contributed by atoms with Crippen LogP contribution in [0.2, 0.25) is 0 Å². The molecule has 4 nitrogen and oxygen atoms in total. The van der Waals surface area contributed by atoms with E-state index in [1.165, 1.54) is 5.56 Å². The van der Waals surface area contributed by atoms with Crippen molar-refractivity contribution in [2.24, 2.45) is 0 Å². The van der Waals surface area contributed by atoms with Crippen LogP contribution >= 0.6 is 11.3 Å². The van der Waals surface area contributed by atoms with E-state index in [9.17, 15) is 4.79 Å². The maximum Gasteiger partial charge on any atom is 0.267 e. The molecule has 0 radical (unpaired) electrons. The van der Waals surface area contributed by atoms with Gasteiger partial charge >= 0.3 is 0 Å². The molecule has 0 aliphatic heterocycles. The summed E-state index contributed by atoms with van der Waals surface area (Å²) in [4.78, 5) is 12.4. The summed E-state index contributed by atoms with van der Waals surface area (Å²) in [5.74, 6) is -0.0742. The molecule has 5 heteroatoms. The van der Waals surface area contributed by atoms with Gasteiger partial charge in [-0.2, -0.15) is 0 Å². The molecule has 0 aliphatic carbocycles. The third kappa shape index (κ3) is 3.63. The average Bonchev–Trinajstić information content (AvgIpc) is 3.15. The monoisotopic (exact) mass is 328 g/mol. The average molecular weight is 328 g/mol. The lowest BCUT2D eigenvalue weighted by molar-refractivity contribution is 0.0942. The van der Waals surface area contributed by atoms with Crippen LogP contribution in [0.1, 0.15) is 22.5 Å². The quantitative estimate of drug-likeness (QED) is 0.655. The molecule has 2 N–H and O–H groups in total. The van der Waals surface area contributed by atoms with Crippen molar-refractivity contribution >= 4 is 27.5 Å². The second-order valence-corrected chi connectivity index (χ2v) is 6.37. The number of fused-ring (bicyclic) bond motifs is 1. The zero-order valence-electron chi connectivity index (χ0n) is 12.9. The number of thiophene rings is 1. The Kier molecular flexibility index (Phi) is 5.10. The summed E-state index contributed by atoms with van der Waals surface area (Å²) in [6.07, 6.45) is 1.46. The number of aromatic nitrogens is 1. The molecule has 1 aromatic carbocycles. The fraction of sp³-hybridized carbons (Fsp3) is 0.278. The summed E-state index contributed by atoms with van der Waals surface area (Å²) < 4.78 is 3.22. The van der Waals surface area contributed by atoms with Crippen molar-refractivity contribution in [3.8, 4) is 0 Å². The Bertz CT molecular complexity index is 777. The summed E-state index contributed by atoms with van der Waals surface area (Å²) in [5, 5.41) is 13.8. The minimum atomic E-state index is -0.0742. The number of aryl methyl sites for hydroxylation is 2. The summed E-state index contributed by atoms with van der Waals surface area (Å²) in [7, 11) is 0. The van der Waals surface area contributed by atoms with Gasteiger partial charge in [-0.25, -0.2) is 0 Å². The van der Waals surface area contributed by atoms with E-state index in [1.54, 1.807) is 11.3 Å². The Balaban J connectivity index is 1.80. The van der Waals surface area contributed by atoms with Gasteiger partial charge in [-0.15, -0.1) is 11.3 Å². The molecule has 23 heavy (non-hydrogen) atoms. The Hall–Kier alpha value is -2.11. The Morgan fingerprint density at radius 2 is 2.04 bits per heavy atom. The third-order valence-corrected chi connectivity index (χ3v) is 4.70. The number of hydrogen-bond acceptors (Lipinski definition) is 3. The Labute approximate surface area is 139 Å². The number of nitrogens with zero attached hydrogens (tertiary/aromatic N) is 1. The van der Waals surface area contributed by atoms with Gasteiger partial charge in [0.05, 0.1) is 10.2 Å². The minimum absolute atomic E-state index is 0.0742. The first kappa shape index (κ1) is 15.8. The number of hydrogen-bond donors (Lipinski definition) is 2. The van der Waals surface area contributed by atoms with E-state index in [-0.39, 0.29) is 12.5 Å². The molecule has 0 saturated carbocycles. The van der Waals surface area contributed by atoms with Gasteiger partial charge in [-0.1, -0.05) is 30.3 Å². The van der Waals surface area contributed by atoms with Crippen LogP contribution in [-0.2, 0) is 13.0 Å². The lowest BCUT2D eigenvalue weighted by Crippen LogP contribution is -2.27. The molecule has 0 aliphatic rings. The number of carbonyl (C=O) groups is 1. The van der Waals surface area contributed by atoms with E-state index in [1.807, 2.05) is 24.3 Å². The summed E-state index contributed by atoms with van der Waals surface area (Å²) >= 11 is 1.65. The molecule has 0 spiro atoms. The van der Waals surface area contributed by atoms with Gasteiger partial charge in [0.1, 0.15) is 5.69 Å². The van der Waals surface area contributed by atoms with Gasteiger partial charge in [0.15, 0.2) is 0 Å². The number of rotatable bonds is 7. The Morgan fingerprint density at radius 3 is 2.83 bits per heavy atom. The second kappa shape index (κ2) is 7.44. The van der Waals surface area contributed by atoms with Crippen molar-refractivity contribution in [2.75, 3.05) is 13.2 Å². The predicted molar refractivity (Wildman–Crippen MR) is 94.0 cm³/mol. The zero-order valence-corrected chi connectivity index (χ0v) is 13.7. The van der Waals surface area contributed by atoms with Crippen molar-refractivity contribution < 1.29 is 9.90 Å². The molecule has 2 aromatic heterocycles. The summed E-state index contributed by atoms with van der Waals surface area (Å²) in [5.41, 5.74) is 3.06. The number of nitrogens with one attached hydrogen (secondary N) is 1. The van der Waals surface area contributed by atoms with Crippen molar-refractivity contribution in [1.29, 1.82) is 0 Å². The Morgan fingerprint density at radius 1 is 1.22 bits per heavy atom. The van der Waals surface area contributed by atoms with Crippen LogP contribution in [0.4, 0.5) is 0 Å². The molecule has 0 atom stereocenters. The smallest absolute Gasteiger partial charge is 0.267 e. The molecule has 3 rings (SSSR count).